The summed E-state index contributed by atoms with van der Waals surface area (Å²) in [6.07, 6.45) is 3.55. The van der Waals surface area contributed by atoms with Crippen LogP contribution in [0.4, 0.5) is 0 Å². The smallest absolute Gasteiger partial charge is 0.00747 e. The lowest BCUT2D eigenvalue weighted by Gasteiger charge is -2.19. The molecule has 1 nitrogen and oxygen atoms in total. The molecule has 1 heteroatoms. The third-order valence-corrected chi connectivity index (χ3v) is 3.41. The maximum absolute atomic E-state index is 5.57. The third-order valence-electron chi connectivity index (χ3n) is 3.41. The van der Waals surface area contributed by atoms with Gasteiger partial charge < -0.3 is 5.73 Å². The zero-order chi connectivity index (χ0) is 12.9. The fourth-order valence-corrected chi connectivity index (χ4v) is 2.01. The molecule has 0 saturated carbocycles. The molecule has 1 aromatic rings. The molecule has 0 spiro atoms. The Morgan fingerprint density at radius 3 is 2.12 bits per heavy atom. The van der Waals surface area contributed by atoms with Crippen LogP contribution in [0.5, 0.6) is 0 Å². The molecule has 0 aliphatic heterocycles. The molecule has 0 fully saturated rings. The maximum Gasteiger partial charge on any atom is -0.00747 e. The monoisotopic (exact) mass is 233 g/mol. The minimum absolute atomic E-state index is 0.255. The van der Waals surface area contributed by atoms with Crippen LogP contribution in [0.15, 0.2) is 24.3 Å². The molecule has 0 bridgehead atoms. The Hall–Kier alpha value is -0.820. The van der Waals surface area contributed by atoms with Crippen molar-refractivity contribution in [3.8, 4) is 0 Å². The van der Waals surface area contributed by atoms with Crippen LogP contribution in [-0.2, 0) is 11.8 Å². The number of aryl methyl sites for hydroxylation is 1. The predicted octanol–water partition coefficient (Wildman–Crippen LogP) is 3.90. The second kappa shape index (κ2) is 6.20. The van der Waals surface area contributed by atoms with Gasteiger partial charge in [-0.25, -0.2) is 0 Å². The third kappa shape index (κ3) is 4.91. The zero-order valence-corrected chi connectivity index (χ0v) is 11.8. The van der Waals surface area contributed by atoms with Crippen molar-refractivity contribution in [2.45, 2.75) is 52.4 Å². The first-order valence-electron chi connectivity index (χ1n) is 6.73. The van der Waals surface area contributed by atoms with E-state index in [-0.39, 0.29) is 5.41 Å². The molecule has 0 aliphatic carbocycles. The molecule has 2 N–H and O–H groups in total. The second-order valence-corrected chi connectivity index (χ2v) is 6.17. The lowest BCUT2D eigenvalue weighted by molar-refractivity contribution is 0.499. The van der Waals surface area contributed by atoms with E-state index >= 15 is 0 Å². The van der Waals surface area contributed by atoms with Gasteiger partial charge in [0.25, 0.3) is 0 Å². The first-order valence-corrected chi connectivity index (χ1v) is 6.73. The molecule has 96 valence electrons. The van der Waals surface area contributed by atoms with Gasteiger partial charge in [-0.15, -0.1) is 0 Å². The van der Waals surface area contributed by atoms with E-state index in [0.717, 1.165) is 18.9 Å². The largest absolute Gasteiger partial charge is 0.330 e. The second-order valence-electron chi connectivity index (χ2n) is 6.17. The van der Waals surface area contributed by atoms with E-state index in [0.29, 0.717) is 0 Å². The van der Waals surface area contributed by atoms with Gasteiger partial charge in [0.1, 0.15) is 0 Å². The Bertz CT molecular complexity index is 318. The molecule has 0 aliphatic rings. The predicted molar refractivity (Wildman–Crippen MR) is 76.3 cm³/mol. The molecule has 1 atom stereocenters. The highest BCUT2D eigenvalue weighted by Gasteiger charge is 2.12. The van der Waals surface area contributed by atoms with Gasteiger partial charge in [-0.1, -0.05) is 52.0 Å². The molecule has 1 unspecified atom stereocenters. The number of rotatable bonds is 5. The van der Waals surface area contributed by atoms with Crippen molar-refractivity contribution in [3.05, 3.63) is 35.4 Å². The lowest BCUT2D eigenvalue weighted by atomic mass is 9.86. The summed E-state index contributed by atoms with van der Waals surface area (Å²) in [5.74, 6) is 0.738. The summed E-state index contributed by atoms with van der Waals surface area (Å²) < 4.78 is 0. The van der Waals surface area contributed by atoms with Crippen LogP contribution >= 0.6 is 0 Å². The molecule has 0 radical (unpaired) electrons. The Kier molecular flexibility index (Phi) is 5.20. The van der Waals surface area contributed by atoms with Crippen molar-refractivity contribution >= 4 is 0 Å². The van der Waals surface area contributed by atoms with E-state index in [1.54, 1.807) is 0 Å². The van der Waals surface area contributed by atoms with E-state index < -0.39 is 0 Å². The van der Waals surface area contributed by atoms with Gasteiger partial charge in [-0.2, -0.15) is 0 Å². The molecule has 1 aromatic carbocycles. The Balaban J connectivity index is 2.51. The molecule has 0 saturated heterocycles. The normalized spacial score (nSPS) is 13.7. The molecule has 0 heterocycles. The van der Waals surface area contributed by atoms with Crippen LogP contribution in [0.1, 0.15) is 51.7 Å². The Labute approximate surface area is 106 Å². The first kappa shape index (κ1) is 14.2. The summed E-state index contributed by atoms with van der Waals surface area (Å²) in [4.78, 5) is 0. The number of hydrogen-bond acceptors (Lipinski definition) is 1. The van der Waals surface area contributed by atoms with Crippen LogP contribution in [0.3, 0.4) is 0 Å². The van der Waals surface area contributed by atoms with E-state index in [2.05, 4.69) is 52.0 Å². The zero-order valence-electron chi connectivity index (χ0n) is 11.8. The van der Waals surface area contributed by atoms with Gasteiger partial charge in [0, 0.05) is 0 Å². The van der Waals surface area contributed by atoms with Crippen molar-refractivity contribution < 1.29 is 0 Å². The number of hydrogen-bond donors (Lipinski definition) is 1. The van der Waals surface area contributed by atoms with Crippen LogP contribution in [-0.4, -0.2) is 6.54 Å². The number of nitrogens with two attached hydrogens (primary N) is 1. The minimum Gasteiger partial charge on any atom is -0.330 e. The van der Waals surface area contributed by atoms with E-state index in [4.69, 9.17) is 5.73 Å². The lowest BCUT2D eigenvalue weighted by Crippen LogP contribution is -2.11. The van der Waals surface area contributed by atoms with Gasteiger partial charge >= 0.3 is 0 Å². The van der Waals surface area contributed by atoms with Crippen molar-refractivity contribution in [1.29, 1.82) is 0 Å². The fraction of sp³-hybridized carbons (Fsp3) is 0.625. The quantitative estimate of drug-likeness (QED) is 0.820. The first-order chi connectivity index (χ1) is 7.93. The van der Waals surface area contributed by atoms with Crippen LogP contribution in [0.25, 0.3) is 0 Å². The summed E-state index contributed by atoms with van der Waals surface area (Å²) >= 11 is 0. The molecule has 0 amide bonds. The summed E-state index contributed by atoms with van der Waals surface area (Å²) in [6, 6.07) is 9.08. The van der Waals surface area contributed by atoms with Crippen molar-refractivity contribution in [1.82, 2.24) is 0 Å². The maximum atomic E-state index is 5.57. The highest BCUT2D eigenvalue weighted by Crippen LogP contribution is 2.22. The topological polar surface area (TPSA) is 26.0 Å². The summed E-state index contributed by atoms with van der Waals surface area (Å²) in [7, 11) is 0. The van der Waals surface area contributed by atoms with Crippen LogP contribution in [0, 0.1) is 5.92 Å². The van der Waals surface area contributed by atoms with Gasteiger partial charge in [0.05, 0.1) is 0 Å². The van der Waals surface area contributed by atoms with E-state index in [1.807, 2.05) is 0 Å². The highest BCUT2D eigenvalue weighted by molar-refractivity contribution is 5.27. The standard InChI is InChI=1S/C16H27N/c1-13(11-12-17)5-6-14-7-9-15(10-8-14)16(2,3)4/h7-10,13H,5-6,11-12,17H2,1-4H3. The van der Waals surface area contributed by atoms with Crippen molar-refractivity contribution in [2.75, 3.05) is 6.54 Å². The molecule has 1 rings (SSSR count). The average molecular weight is 233 g/mol. The molecule has 17 heavy (non-hydrogen) atoms. The van der Waals surface area contributed by atoms with Crippen molar-refractivity contribution in [3.63, 3.8) is 0 Å². The summed E-state index contributed by atoms with van der Waals surface area (Å²) in [5.41, 5.74) is 8.68. The van der Waals surface area contributed by atoms with E-state index in [1.165, 1.54) is 24.0 Å². The highest BCUT2D eigenvalue weighted by atomic mass is 14.5. The molecule has 0 aromatic heterocycles. The van der Waals surface area contributed by atoms with Gasteiger partial charge in [-0.05, 0) is 48.3 Å². The molecular weight excluding hydrogens is 206 g/mol. The number of benzene rings is 1. The van der Waals surface area contributed by atoms with E-state index in [9.17, 15) is 0 Å². The van der Waals surface area contributed by atoms with Crippen molar-refractivity contribution in [2.24, 2.45) is 11.7 Å². The summed E-state index contributed by atoms with van der Waals surface area (Å²) in [6.45, 7) is 9.86. The van der Waals surface area contributed by atoms with Gasteiger partial charge in [0.2, 0.25) is 0 Å². The fourth-order valence-electron chi connectivity index (χ4n) is 2.01. The Morgan fingerprint density at radius 2 is 1.65 bits per heavy atom. The van der Waals surface area contributed by atoms with Crippen LogP contribution < -0.4 is 5.73 Å². The summed E-state index contributed by atoms with van der Waals surface area (Å²) in [5, 5.41) is 0. The average Bonchev–Trinajstić information content (AvgIpc) is 2.26. The van der Waals surface area contributed by atoms with Gasteiger partial charge in [0.15, 0.2) is 0 Å². The Morgan fingerprint density at radius 1 is 1.06 bits per heavy atom. The van der Waals surface area contributed by atoms with Crippen LogP contribution in [0.2, 0.25) is 0 Å². The minimum atomic E-state index is 0.255. The SMILES string of the molecule is CC(CCN)CCc1ccc(C(C)(C)C)cc1. The van der Waals surface area contributed by atoms with Gasteiger partial charge in [-0.3, -0.25) is 0 Å². The molecular formula is C16H27N.